The first-order chi connectivity index (χ1) is 36.0. The summed E-state index contributed by atoms with van der Waals surface area (Å²) >= 11 is 1.86. The lowest BCUT2D eigenvalue weighted by Crippen LogP contribution is -2.33. The van der Waals surface area contributed by atoms with Crippen LogP contribution in [-0.2, 0) is 21.7 Å². The van der Waals surface area contributed by atoms with Crippen LogP contribution in [0.4, 0.5) is 17.1 Å². The van der Waals surface area contributed by atoms with Crippen LogP contribution in [0.3, 0.4) is 0 Å². The molecule has 2 spiro atoms. The monoisotopic (exact) mass is 971 g/mol. The number of fused-ring (bicyclic) bond motifs is 21. The van der Waals surface area contributed by atoms with Crippen molar-refractivity contribution in [3.63, 3.8) is 0 Å². The van der Waals surface area contributed by atoms with E-state index >= 15 is 0 Å². The van der Waals surface area contributed by atoms with Gasteiger partial charge in [0, 0.05) is 43.4 Å². The maximum atomic E-state index is 7.61. The van der Waals surface area contributed by atoms with E-state index in [1.165, 1.54) is 75.8 Å². The molecule has 15 rings (SSSR count). The molecule has 0 saturated heterocycles. The van der Waals surface area contributed by atoms with E-state index in [1.807, 2.05) is 11.3 Å². The second-order valence-corrected chi connectivity index (χ2v) is 23.8. The van der Waals surface area contributed by atoms with Crippen LogP contribution in [0.2, 0.25) is 0 Å². The molecule has 0 fully saturated rings. The van der Waals surface area contributed by atoms with Crippen molar-refractivity contribution in [1.82, 2.24) is 0 Å². The molecule has 4 aliphatic rings. The van der Waals surface area contributed by atoms with Crippen molar-refractivity contribution < 1.29 is 9.47 Å². The van der Waals surface area contributed by atoms with Crippen LogP contribution >= 0.6 is 11.3 Å². The Morgan fingerprint density at radius 3 is 1.46 bits per heavy atom. The minimum atomic E-state index is -0.693. The van der Waals surface area contributed by atoms with E-state index in [1.54, 1.807) is 0 Å². The van der Waals surface area contributed by atoms with Crippen molar-refractivity contribution in [3.8, 4) is 45.3 Å². The average molecular weight is 972 g/mol. The molecule has 0 N–H and O–H groups in total. The summed E-state index contributed by atoms with van der Waals surface area (Å²) in [4.78, 5) is 2.51. The van der Waals surface area contributed by atoms with Gasteiger partial charge in [-0.3, -0.25) is 0 Å². The normalized spacial score (nSPS) is 14.8. The summed E-state index contributed by atoms with van der Waals surface area (Å²) in [7, 11) is 0. The highest BCUT2D eigenvalue weighted by Gasteiger charge is 2.54. The molecule has 0 amide bonds. The van der Waals surface area contributed by atoms with Crippen molar-refractivity contribution >= 4 is 48.6 Å². The molecular weight excluding hydrogens is 919 g/mol. The van der Waals surface area contributed by atoms with Gasteiger partial charge >= 0.3 is 0 Å². The number of nitrogens with zero attached hydrogens (tertiary/aromatic N) is 1. The lowest BCUT2D eigenvalue weighted by molar-refractivity contribution is 0.436. The van der Waals surface area contributed by atoms with Gasteiger partial charge in [0.15, 0.2) is 5.75 Å². The van der Waals surface area contributed by atoms with Gasteiger partial charge in [-0.25, -0.2) is 0 Å². The molecule has 0 radical (unpaired) electrons. The van der Waals surface area contributed by atoms with E-state index < -0.39 is 10.8 Å². The minimum Gasteiger partial charge on any atom is -0.457 e. The fourth-order valence-electron chi connectivity index (χ4n) is 13.4. The molecule has 0 unspecified atom stereocenters. The smallest absolute Gasteiger partial charge is 0.156 e. The molecule has 74 heavy (non-hydrogen) atoms. The molecule has 356 valence electrons. The Labute approximate surface area is 437 Å². The summed E-state index contributed by atoms with van der Waals surface area (Å²) in [5, 5.41) is 2.50. The van der Waals surface area contributed by atoms with E-state index in [2.05, 4.69) is 259 Å². The molecule has 3 nitrogen and oxygen atoms in total. The van der Waals surface area contributed by atoms with Crippen molar-refractivity contribution in [2.24, 2.45) is 0 Å². The van der Waals surface area contributed by atoms with Crippen LogP contribution in [0.5, 0.6) is 23.0 Å². The fraction of sp³-hybridized carbons (Fsp3) is 0.143. The van der Waals surface area contributed by atoms with Gasteiger partial charge in [-0.1, -0.05) is 205 Å². The Hall–Kier alpha value is -8.18. The van der Waals surface area contributed by atoms with Crippen molar-refractivity contribution in [1.29, 1.82) is 0 Å². The van der Waals surface area contributed by atoms with Crippen LogP contribution in [0.1, 0.15) is 97.2 Å². The number of thiophene rings is 1. The summed E-state index contributed by atoms with van der Waals surface area (Å²) in [6, 6.07) is 79.4. The lowest BCUT2D eigenvalue weighted by atomic mass is 9.64. The third kappa shape index (κ3) is 5.72. The SMILES string of the molecule is CC(C)(C)c1ccc2c(c1)C1(c3ccccc3Oc3c(N(c4ccc5c(c4)C4(c6ccccc6Oc6ccccc64)c4ccccc4-5)c4cccc5c4sc4ccccc45)cccc31)c1cc(C(C)(C)C)ccc1-2. The van der Waals surface area contributed by atoms with Crippen molar-refractivity contribution in [2.75, 3.05) is 4.90 Å². The number of hydrogen-bond acceptors (Lipinski definition) is 4. The first-order valence-corrected chi connectivity index (χ1v) is 26.8. The molecule has 4 heteroatoms. The predicted octanol–water partition coefficient (Wildman–Crippen LogP) is 19.1. The Morgan fingerprint density at radius 2 is 0.824 bits per heavy atom. The molecule has 0 saturated carbocycles. The van der Waals surface area contributed by atoms with Gasteiger partial charge in [0.25, 0.3) is 0 Å². The van der Waals surface area contributed by atoms with E-state index in [4.69, 9.17) is 9.47 Å². The predicted molar refractivity (Wildman–Crippen MR) is 306 cm³/mol. The maximum Gasteiger partial charge on any atom is 0.156 e. The van der Waals surface area contributed by atoms with E-state index in [-0.39, 0.29) is 10.8 Å². The van der Waals surface area contributed by atoms with Gasteiger partial charge in [0.1, 0.15) is 17.2 Å². The van der Waals surface area contributed by atoms with Gasteiger partial charge in [-0.05, 0) is 115 Å². The number of rotatable bonds is 3. The minimum absolute atomic E-state index is 0.0767. The number of ether oxygens (including phenoxy) is 2. The highest BCUT2D eigenvalue weighted by molar-refractivity contribution is 7.26. The third-order valence-electron chi connectivity index (χ3n) is 16.7. The number of benzene rings is 10. The van der Waals surface area contributed by atoms with Gasteiger partial charge in [0.05, 0.1) is 26.9 Å². The molecule has 11 aromatic rings. The van der Waals surface area contributed by atoms with Gasteiger partial charge in [-0.2, -0.15) is 0 Å². The standard InChI is InChI=1S/C70H53NO2S/c1-67(2,3)42-33-36-46-47-37-34-43(68(4,5)6)40-57(47)70(56(46)39-42)54-25-12-15-31-63(54)73-65-55(70)26-18-27-59(65)71(60-28-17-21-50-49-20-8-16-32-64(49)74-66(50)60)44-35-38-48-45-19-7-9-22-51(45)69(58(48)41-44)52-23-10-13-29-61(52)72-62-30-14-11-24-53(62)69/h7-41H,1-6H3. The topological polar surface area (TPSA) is 21.7 Å². The Bertz CT molecular complexity index is 4090. The second-order valence-electron chi connectivity index (χ2n) is 22.7. The first-order valence-electron chi connectivity index (χ1n) is 26.0. The van der Waals surface area contributed by atoms with Gasteiger partial charge in [-0.15, -0.1) is 11.3 Å². The second kappa shape index (κ2) is 15.2. The maximum absolute atomic E-state index is 7.61. The molecule has 0 atom stereocenters. The van der Waals surface area contributed by atoms with Gasteiger partial charge in [0.2, 0.25) is 0 Å². The largest absolute Gasteiger partial charge is 0.457 e. The molecular formula is C70H53NO2S. The van der Waals surface area contributed by atoms with Gasteiger partial charge < -0.3 is 14.4 Å². The zero-order valence-electron chi connectivity index (χ0n) is 42.4. The van der Waals surface area contributed by atoms with Crippen LogP contribution < -0.4 is 14.4 Å². The summed E-state index contributed by atoms with van der Waals surface area (Å²) in [6.45, 7) is 14.0. The number of anilines is 3. The highest BCUT2D eigenvalue weighted by atomic mass is 32.1. The summed E-state index contributed by atoms with van der Waals surface area (Å²) in [6.07, 6.45) is 0. The summed E-state index contributed by atoms with van der Waals surface area (Å²) in [5.41, 5.74) is 18.9. The number of hydrogen-bond donors (Lipinski definition) is 0. The molecule has 2 aliphatic heterocycles. The van der Waals surface area contributed by atoms with E-state index in [0.29, 0.717) is 0 Å². The Balaban J connectivity index is 1.06. The number of para-hydroxylation sites is 4. The zero-order chi connectivity index (χ0) is 49.9. The zero-order valence-corrected chi connectivity index (χ0v) is 43.2. The lowest BCUT2D eigenvalue weighted by Gasteiger charge is -2.42. The Kier molecular flexibility index (Phi) is 8.91. The molecule has 3 heterocycles. The average Bonchev–Trinajstić information content (AvgIpc) is 4.04. The first kappa shape index (κ1) is 43.4. The third-order valence-corrected chi connectivity index (χ3v) is 17.9. The Morgan fingerprint density at radius 1 is 0.365 bits per heavy atom. The summed E-state index contributed by atoms with van der Waals surface area (Å²) in [5.74, 6) is 3.47. The van der Waals surface area contributed by atoms with E-state index in [0.717, 1.165) is 62.3 Å². The highest BCUT2D eigenvalue weighted by Crippen LogP contribution is 2.66. The molecule has 10 aromatic carbocycles. The van der Waals surface area contributed by atoms with Crippen molar-refractivity contribution in [2.45, 2.75) is 63.2 Å². The molecule has 1 aromatic heterocycles. The molecule has 0 bridgehead atoms. The van der Waals surface area contributed by atoms with Crippen LogP contribution in [-0.4, -0.2) is 0 Å². The van der Waals surface area contributed by atoms with Crippen LogP contribution in [0.15, 0.2) is 212 Å². The van der Waals surface area contributed by atoms with Crippen LogP contribution in [0, 0.1) is 0 Å². The summed E-state index contributed by atoms with van der Waals surface area (Å²) < 4.78 is 16.9. The molecule has 2 aliphatic carbocycles. The quantitative estimate of drug-likeness (QED) is 0.176. The van der Waals surface area contributed by atoms with Crippen molar-refractivity contribution in [3.05, 3.63) is 268 Å². The van der Waals surface area contributed by atoms with Crippen LogP contribution in [0.25, 0.3) is 42.4 Å². The van der Waals surface area contributed by atoms with E-state index in [9.17, 15) is 0 Å². The fourth-order valence-corrected chi connectivity index (χ4v) is 14.6.